The van der Waals surface area contributed by atoms with Crippen molar-refractivity contribution >= 4 is 5.91 Å². The maximum absolute atomic E-state index is 11.4. The number of amides is 1. The number of hydrogen-bond acceptors (Lipinski definition) is 4. The topological polar surface area (TPSA) is 74.2 Å². The Hall–Kier alpha value is -2.06. The molecule has 1 amide bonds. The Morgan fingerprint density at radius 2 is 2.10 bits per heavy atom. The quantitative estimate of drug-likeness (QED) is 0.678. The molecule has 114 valence electrons. The summed E-state index contributed by atoms with van der Waals surface area (Å²) in [5.41, 5.74) is 1.25. The zero-order valence-electron chi connectivity index (χ0n) is 12.7. The Morgan fingerprint density at radius 3 is 2.71 bits per heavy atom. The van der Waals surface area contributed by atoms with Gasteiger partial charge in [0.15, 0.2) is 6.61 Å². The fourth-order valence-electron chi connectivity index (χ4n) is 1.74. The fraction of sp³-hybridized carbons (Fsp3) is 0.500. The number of nitrogens with zero attached hydrogens (tertiary/aromatic N) is 1. The third kappa shape index (κ3) is 7.33. The van der Waals surface area contributed by atoms with Crippen LogP contribution in [-0.2, 0) is 11.2 Å². The van der Waals surface area contributed by atoms with Crippen molar-refractivity contribution in [2.45, 2.75) is 32.2 Å². The number of aryl methyl sites for hydroxylation is 1. The van der Waals surface area contributed by atoms with E-state index in [0.29, 0.717) is 24.8 Å². The van der Waals surface area contributed by atoms with Gasteiger partial charge in [0.05, 0.1) is 12.5 Å². The van der Waals surface area contributed by atoms with Gasteiger partial charge in [0.2, 0.25) is 0 Å². The largest absolute Gasteiger partial charge is 0.484 e. The smallest absolute Gasteiger partial charge is 0.257 e. The highest BCUT2D eigenvalue weighted by Gasteiger charge is 2.03. The lowest BCUT2D eigenvalue weighted by Gasteiger charge is -2.10. The molecule has 1 atom stereocenters. The Bertz CT molecular complexity index is 465. The molecule has 1 unspecified atom stereocenters. The summed E-state index contributed by atoms with van der Waals surface area (Å²) < 4.78 is 5.39. The van der Waals surface area contributed by atoms with Gasteiger partial charge >= 0.3 is 0 Å². The van der Waals surface area contributed by atoms with Crippen LogP contribution in [-0.4, -0.2) is 32.1 Å². The molecular formula is C16H23N3O2. The first-order chi connectivity index (χ1) is 10.2. The Morgan fingerprint density at radius 1 is 1.38 bits per heavy atom. The summed E-state index contributed by atoms with van der Waals surface area (Å²) in [5.74, 6) is 0.466. The van der Waals surface area contributed by atoms with Crippen molar-refractivity contribution in [2.24, 2.45) is 0 Å². The Balaban J connectivity index is 2.31. The van der Waals surface area contributed by atoms with Crippen LogP contribution in [0.3, 0.4) is 0 Å². The Labute approximate surface area is 126 Å². The van der Waals surface area contributed by atoms with E-state index in [1.165, 1.54) is 5.56 Å². The van der Waals surface area contributed by atoms with Crippen LogP contribution < -0.4 is 15.4 Å². The zero-order chi connectivity index (χ0) is 15.5. The number of carbonyl (C=O) groups excluding carboxylic acids is 1. The normalized spacial score (nSPS) is 11.5. The van der Waals surface area contributed by atoms with Crippen LogP contribution in [0.1, 0.15) is 25.3 Å². The molecule has 1 rings (SSSR count). The minimum absolute atomic E-state index is 0.0262. The summed E-state index contributed by atoms with van der Waals surface area (Å²) in [5, 5.41) is 14.2. The van der Waals surface area contributed by atoms with Crippen LogP contribution in [0.15, 0.2) is 24.3 Å². The Kier molecular flexibility index (Phi) is 7.92. The highest BCUT2D eigenvalue weighted by atomic mass is 16.5. The zero-order valence-corrected chi connectivity index (χ0v) is 12.7. The van der Waals surface area contributed by atoms with E-state index in [1.54, 1.807) is 0 Å². The molecule has 0 fully saturated rings. The van der Waals surface area contributed by atoms with Crippen LogP contribution in [0.2, 0.25) is 0 Å². The highest BCUT2D eigenvalue weighted by Crippen LogP contribution is 2.13. The van der Waals surface area contributed by atoms with Crippen molar-refractivity contribution in [3.8, 4) is 11.8 Å². The third-order valence-corrected chi connectivity index (χ3v) is 3.21. The van der Waals surface area contributed by atoms with Crippen LogP contribution in [0.5, 0.6) is 5.75 Å². The molecule has 0 aliphatic carbocycles. The highest BCUT2D eigenvalue weighted by molar-refractivity contribution is 5.77. The summed E-state index contributed by atoms with van der Waals surface area (Å²) in [6.07, 6.45) is 2.40. The molecule has 0 aromatic heterocycles. The average Bonchev–Trinajstić information content (AvgIpc) is 2.51. The second kappa shape index (κ2) is 9.78. The second-order valence-corrected chi connectivity index (χ2v) is 4.92. The molecule has 0 saturated carbocycles. The van der Waals surface area contributed by atoms with Gasteiger partial charge in [-0.3, -0.25) is 4.79 Å². The van der Waals surface area contributed by atoms with E-state index >= 15 is 0 Å². The van der Waals surface area contributed by atoms with Crippen molar-refractivity contribution in [1.82, 2.24) is 10.6 Å². The molecule has 21 heavy (non-hydrogen) atoms. The van der Waals surface area contributed by atoms with Crippen LogP contribution >= 0.6 is 0 Å². The predicted molar refractivity (Wildman–Crippen MR) is 82.0 cm³/mol. The first kappa shape index (κ1) is 17.0. The molecule has 5 heteroatoms. The maximum Gasteiger partial charge on any atom is 0.257 e. The number of nitriles is 1. The van der Waals surface area contributed by atoms with E-state index in [0.717, 1.165) is 12.8 Å². The minimum atomic E-state index is -0.211. The number of nitrogens with one attached hydrogen (secondary N) is 2. The first-order valence-electron chi connectivity index (χ1n) is 7.18. The maximum atomic E-state index is 11.4. The van der Waals surface area contributed by atoms with Crippen molar-refractivity contribution in [2.75, 3.05) is 20.2 Å². The van der Waals surface area contributed by atoms with Gasteiger partial charge in [0.25, 0.3) is 5.91 Å². The third-order valence-electron chi connectivity index (χ3n) is 3.21. The van der Waals surface area contributed by atoms with Crippen LogP contribution in [0.25, 0.3) is 0 Å². The standard InChI is InChI=1S/C16H23N3O2/c1-13(18-2)4-5-14-6-8-15(9-7-14)21-12-16(20)19-11-3-10-17/h6-9,13,18H,3-5,11-12H2,1-2H3,(H,19,20). The van der Waals surface area contributed by atoms with E-state index in [4.69, 9.17) is 10.00 Å². The van der Waals surface area contributed by atoms with Crippen LogP contribution in [0.4, 0.5) is 0 Å². The van der Waals surface area contributed by atoms with Crippen molar-refractivity contribution in [1.29, 1.82) is 5.26 Å². The SMILES string of the molecule is CNC(C)CCc1ccc(OCC(=O)NCCC#N)cc1. The lowest BCUT2D eigenvalue weighted by molar-refractivity contribution is -0.123. The lowest BCUT2D eigenvalue weighted by atomic mass is 10.1. The van der Waals surface area contributed by atoms with Crippen molar-refractivity contribution in [3.05, 3.63) is 29.8 Å². The van der Waals surface area contributed by atoms with Gasteiger partial charge in [-0.2, -0.15) is 5.26 Å². The summed E-state index contributed by atoms with van der Waals surface area (Å²) >= 11 is 0. The number of benzene rings is 1. The molecule has 0 aliphatic rings. The molecule has 0 radical (unpaired) electrons. The van der Waals surface area contributed by atoms with E-state index < -0.39 is 0 Å². The molecular weight excluding hydrogens is 266 g/mol. The monoisotopic (exact) mass is 289 g/mol. The number of carbonyl (C=O) groups is 1. The average molecular weight is 289 g/mol. The molecule has 0 bridgehead atoms. The van der Waals surface area contributed by atoms with Gasteiger partial charge in [-0.15, -0.1) is 0 Å². The summed E-state index contributed by atoms with van der Waals surface area (Å²) in [7, 11) is 1.96. The first-order valence-corrected chi connectivity index (χ1v) is 7.18. The van der Waals surface area contributed by atoms with Gasteiger partial charge in [-0.25, -0.2) is 0 Å². The van der Waals surface area contributed by atoms with Crippen molar-refractivity contribution < 1.29 is 9.53 Å². The van der Waals surface area contributed by atoms with Crippen molar-refractivity contribution in [3.63, 3.8) is 0 Å². The van der Waals surface area contributed by atoms with Gasteiger partial charge in [0.1, 0.15) is 5.75 Å². The van der Waals surface area contributed by atoms with Gasteiger partial charge in [-0.05, 0) is 44.5 Å². The number of ether oxygens (including phenoxy) is 1. The van der Waals surface area contributed by atoms with Gasteiger partial charge < -0.3 is 15.4 Å². The summed E-state index contributed by atoms with van der Waals surface area (Å²) in [6.45, 7) is 2.49. The molecule has 0 heterocycles. The number of hydrogen-bond donors (Lipinski definition) is 2. The van der Waals surface area contributed by atoms with Crippen LogP contribution in [0, 0.1) is 11.3 Å². The van der Waals surface area contributed by atoms with E-state index in [9.17, 15) is 4.79 Å². The lowest BCUT2D eigenvalue weighted by Crippen LogP contribution is -2.29. The summed E-state index contributed by atoms with van der Waals surface area (Å²) in [4.78, 5) is 11.4. The summed E-state index contributed by atoms with van der Waals surface area (Å²) in [6, 6.07) is 10.3. The van der Waals surface area contributed by atoms with E-state index in [2.05, 4.69) is 17.6 Å². The van der Waals surface area contributed by atoms with Gasteiger partial charge in [-0.1, -0.05) is 12.1 Å². The van der Waals surface area contributed by atoms with E-state index in [-0.39, 0.29) is 12.5 Å². The van der Waals surface area contributed by atoms with Gasteiger partial charge in [0, 0.05) is 12.6 Å². The van der Waals surface area contributed by atoms with E-state index in [1.807, 2.05) is 37.4 Å². The molecule has 2 N–H and O–H groups in total. The molecule has 0 spiro atoms. The molecule has 0 saturated heterocycles. The molecule has 0 aliphatic heterocycles. The fourth-order valence-corrected chi connectivity index (χ4v) is 1.74. The minimum Gasteiger partial charge on any atom is -0.484 e. The number of rotatable bonds is 9. The molecule has 5 nitrogen and oxygen atoms in total. The molecule has 1 aromatic carbocycles. The second-order valence-electron chi connectivity index (χ2n) is 4.92. The predicted octanol–water partition coefficient (Wildman–Crippen LogP) is 1.64. The molecule has 1 aromatic rings.